The first-order valence-corrected chi connectivity index (χ1v) is 10.2. The van der Waals surface area contributed by atoms with Gasteiger partial charge in [-0.3, -0.25) is 4.79 Å². The van der Waals surface area contributed by atoms with Crippen molar-refractivity contribution in [2.45, 2.75) is 31.2 Å². The number of aromatic nitrogens is 2. The van der Waals surface area contributed by atoms with E-state index in [0.717, 1.165) is 16.4 Å². The molecule has 2 N–H and O–H groups in total. The molecule has 10 heteroatoms. The molecule has 0 spiro atoms. The van der Waals surface area contributed by atoms with Crippen molar-refractivity contribution in [3.8, 4) is 5.75 Å². The predicted molar refractivity (Wildman–Crippen MR) is 114 cm³/mol. The van der Waals surface area contributed by atoms with Gasteiger partial charge >= 0.3 is 6.18 Å². The highest BCUT2D eigenvalue weighted by atomic mass is 35.5. The monoisotopic (exact) mass is 464 g/mol. The van der Waals surface area contributed by atoms with Crippen molar-refractivity contribution in [2.24, 2.45) is 0 Å². The van der Waals surface area contributed by atoms with Gasteiger partial charge in [0, 0.05) is 18.0 Å². The Morgan fingerprint density at radius 2 is 2.03 bits per heavy atom. The fourth-order valence-electron chi connectivity index (χ4n) is 3.69. The van der Waals surface area contributed by atoms with Gasteiger partial charge in [-0.25, -0.2) is 4.68 Å². The summed E-state index contributed by atoms with van der Waals surface area (Å²) in [7, 11) is 1.49. The molecule has 32 heavy (non-hydrogen) atoms. The zero-order valence-corrected chi connectivity index (χ0v) is 17.7. The lowest BCUT2D eigenvalue weighted by Crippen LogP contribution is -2.36. The third-order valence-electron chi connectivity index (χ3n) is 5.35. The molecule has 2 atom stereocenters. The molecule has 3 aromatic rings. The summed E-state index contributed by atoms with van der Waals surface area (Å²) in [6.45, 7) is 0.197. The highest BCUT2D eigenvalue weighted by Crippen LogP contribution is 2.44. The van der Waals surface area contributed by atoms with Gasteiger partial charge < -0.3 is 15.4 Å². The molecule has 0 saturated carbocycles. The zero-order chi connectivity index (χ0) is 22.9. The van der Waals surface area contributed by atoms with Crippen molar-refractivity contribution < 1.29 is 22.7 Å². The zero-order valence-electron chi connectivity index (χ0n) is 17.0. The third-order valence-corrected chi connectivity index (χ3v) is 5.60. The summed E-state index contributed by atoms with van der Waals surface area (Å²) < 4.78 is 47.6. The van der Waals surface area contributed by atoms with Crippen LogP contribution >= 0.6 is 11.6 Å². The molecule has 0 bridgehead atoms. The Labute approximate surface area is 187 Å². The highest BCUT2D eigenvalue weighted by molar-refractivity contribution is 6.30. The largest absolute Gasteiger partial charge is 0.497 e. The summed E-state index contributed by atoms with van der Waals surface area (Å²) >= 11 is 5.86. The Morgan fingerprint density at radius 1 is 1.28 bits per heavy atom. The second-order valence-corrected chi connectivity index (χ2v) is 7.86. The number of nitrogens with one attached hydrogen (secondary N) is 2. The molecule has 0 saturated heterocycles. The van der Waals surface area contributed by atoms with Crippen LogP contribution in [0.3, 0.4) is 0 Å². The summed E-state index contributed by atoms with van der Waals surface area (Å²) in [5.74, 6) is 0.0359. The summed E-state index contributed by atoms with van der Waals surface area (Å²) in [5.41, 5.74) is 1.47. The standard InChI is InChI=1S/C22H20ClF3N4O2/c1-32-16-4-2-3-14(9-16)18-10-19(22(24,25)26)30-20(29-18)17(12-28-30)21(31)27-11-13-5-7-15(23)8-6-13/h2-9,12,18-19,29H,10-11H2,1H3,(H,27,31)/t18-,19-/m1/s1. The minimum Gasteiger partial charge on any atom is -0.497 e. The second-order valence-electron chi connectivity index (χ2n) is 7.43. The number of carbonyl (C=O) groups excluding carboxylic acids is 1. The van der Waals surface area contributed by atoms with Crippen LogP contribution in [0, 0.1) is 0 Å². The molecule has 4 rings (SSSR count). The number of methoxy groups -OCH3 is 1. The third kappa shape index (κ3) is 4.52. The number of amides is 1. The van der Waals surface area contributed by atoms with Crippen LogP contribution < -0.4 is 15.4 Å². The molecular formula is C22H20ClF3N4O2. The molecule has 168 valence electrons. The lowest BCUT2D eigenvalue weighted by molar-refractivity contribution is -0.173. The van der Waals surface area contributed by atoms with E-state index in [2.05, 4.69) is 15.7 Å². The number of ether oxygens (including phenoxy) is 1. The number of nitrogens with zero attached hydrogens (tertiary/aromatic N) is 2. The fraction of sp³-hybridized carbons (Fsp3) is 0.273. The van der Waals surface area contributed by atoms with Gasteiger partial charge in [0.15, 0.2) is 6.04 Å². The van der Waals surface area contributed by atoms with E-state index in [9.17, 15) is 18.0 Å². The molecule has 0 unspecified atom stereocenters. The number of fused-ring (bicyclic) bond motifs is 1. The van der Waals surface area contributed by atoms with Gasteiger partial charge in [0.1, 0.15) is 17.1 Å². The molecule has 6 nitrogen and oxygen atoms in total. The van der Waals surface area contributed by atoms with E-state index >= 15 is 0 Å². The van der Waals surface area contributed by atoms with Crippen LogP contribution in [0.4, 0.5) is 19.0 Å². The van der Waals surface area contributed by atoms with E-state index in [4.69, 9.17) is 16.3 Å². The van der Waals surface area contributed by atoms with Gasteiger partial charge in [-0.05, 0) is 35.4 Å². The maximum atomic E-state index is 13.8. The first kappa shape index (κ1) is 22.0. The quantitative estimate of drug-likeness (QED) is 0.549. The molecule has 0 radical (unpaired) electrons. The fourth-order valence-corrected chi connectivity index (χ4v) is 3.81. The van der Waals surface area contributed by atoms with E-state index in [-0.39, 0.29) is 24.3 Å². The molecule has 1 amide bonds. The maximum Gasteiger partial charge on any atom is 0.410 e. The van der Waals surface area contributed by atoms with Crippen molar-refractivity contribution >= 4 is 23.3 Å². The number of hydrogen-bond donors (Lipinski definition) is 2. The normalized spacial score (nSPS) is 17.9. The Kier molecular flexibility index (Phi) is 6.01. The Bertz CT molecular complexity index is 1120. The lowest BCUT2D eigenvalue weighted by atomic mass is 9.96. The minimum absolute atomic E-state index is 0.0278. The molecule has 1 aliphatic heterocycles. The predicted octanol–water partition coefficient (Wildman–Crippen LogP) is 5.14. The highest BCUT2D eigenvalue weighted by Gasteiger charge is 2.47. The number of alkyl halides is 3. The summed E-state index contributed by atoms with van der Waals surface area (Å²) in [4.78, 5) is 12.8. The number of halogens is 4. The molecule has 2 aromatic carbocycles. The van der Waals surface area contributed by atoms with Crippen molar-refractivity contribution in [1.29, 1.82) is 0 Å². The summed E-state index contributed by atoms with van der Waals surface area (Å²) in [6.07, 6.45) is -3.64. The molecule has 1 aromatic heterocycles. The van der Waals surface area contributed by atoms with Crippen LogP contribution in [0.15, 0.2) is 54.7 Å². The van der Waals surface area contributed by atoms with Gasteiger partial charge in [0.2, 0.25) is 0 Å². The smallest absolute Gasteiger partial charge is 0.410 e. The van der Waals surface area contributed by atoms with E-state index in [1.165, 1.54) is 7.11 Å². The summed E-state index contributed by atoms with van der Waals surface area (Å²) in [5, 5.41) is 10.2. The van der Waals surface area contributed by atoms with E-state index in [0.29, 0.717) is 16.3 Å². The molecule has 1 aliphatic rings. The topological polar surface area (TPSA) is 68.2 Å². The number of anilines is 1. The van der Waals surface area contributed by atoms with Crippen molar-refractivity contribution in [3.63, 3.8) is 0 Å². The Balaban J connectivity index is 1.61. The average molecular weight is 465 g/mol. The second kappa shape index (κ2) is 8.74. The van der Waals surface area contributed by atoms with E-state index in [1.807, 2.05) is 0 Å². The number of benzene rings is 2. The number of rotatable bonds is 5. The van der Waals surface area contributed by atoms with Crippen LogP contribution in [0.5, 0.6) is 5.75 Å². The van der Waals surface area contributed by atoms with Crippen LogP contribution in [0.2, 0.25) is 5.02 Å². The number of hydrogen-bond acceptors (Lipinski definition) is 4. The Hall–Kier alpha value is -3.20. The molecular weight excluding hydrogens is 445 g/mol. The van der Waals surface area contributed by atoms with Gasteiger partial charge in [0.05, 0.1) is 19.3 Å². The lowest BCUT2D eigenvalue weighted by Gasteiger charge is -2.34. The van der Waals surface area contributed by atoms with Crippen LogP contribution in [-0.2, 0) is 6.54 Å². The maximum absolute atomic E-state index is 13.8. The SMILES string of the molecule is COc1cccc([C@H]2C[C@H](C(F)(F)F)n3ncc(C(=O)NCc4ccc(Cl)cc4)c3N2)c1. The van der Waals surface area contributed by atoms with Gasteiger partial charge in [-0.15, -0.1) is 0 Å². The first-order chi connectivity index (χ1) is 15.3. The van der Waals surface area contributed by atoms with Crippen LogP contribution in [0.25, 0.3) is 0 Å². The van der Waals surface area contributed by atoms with E-state index in [1.54, 1.807) is 48.5 Å². The average Bonchev–Trinajstić information content (AvgIpc) is 3.21. The molecule has 2 heterocycles. The Morgan fingerprint density at radius 3 is 2.72 bits per heavy atom. The van der Waals surface area contributed by atoms with Crippen LogP contribution in [-0.4, -0.2) is 29.0 Å². The van der Waals surface area contributed by atoms with Crippen molar-refractivity contribution in [1.82, 2.24) is 15.1 Å². The first-order valence-electron chi connectivity index (χ1n) is 9.83. The van der Waals surface area contributed by atoms with Gasteiger partial charge in [-0.1, -0.05) is 35.9 Å². The van der Waals surface area contributed by atoms with Gasteiger partial charge in [0.25, 0.3) is 5.91 Å². The van der Waals surface area contributed by atoms with E-state index < -0.39 is 24.2 Å². The number of carbonyl (C=O) groups is 1. The molecule has 0 aliphatic carbocycles. The summed E-state index contributed by atoms with van der Waals surface area (Å²) in [6, 6.07) is 11.2. The molecule has 0 fully saturated rings. The van der Waals surface area contributed by atoms with Crippen LogP contribution in [0.1, 0.15) is 40.0 Å². The minimum atomic E-state index is -4.53. The van der Waals surface area contributed by atoms with Gasteiger partial charge in [-0.2, -0.15) is 18.3 Å². The van der Waals surface area contributed by atoms with Crippen molar-refractivity contribution in [3.05, 3.63) is 76.4 Å². The van der Waals surface area contributed by atoms with Crippen molar-refractivity contribution in [2.75, 3.05) is 12.4 Å².